The van der Waals surface area contributed by atoms with Gasteiger partial charge in [0.25, 0.3) is 0 Å². The summed E-state index contributed by atoms with van der Waals surface area (Å²) in [7, 11) is 1.87. The fourth-order valence-electron chi connectivity index (χ4n) is 3.03. The molecular formula is C16H23N3O. The molecule has 1 N–H and O–H groups in total. The van der Waals surface area contributed by atoms with E-state index in [0.717, 1.165) is 11.4 Å². The number of rotatable bonds is 3. The minimum Gasteiger partial charge on any atom is -0.383 e. The van der Waals surface area contributed by atoms with Gasteiger partial charge in [0.05, 0.1) is 11.4 Å². The van der Waals surface area contributed by atoms with Gasteiger partial charge >= 0.3 is 0 Å². The molecule has 1 saturated carbocycles. The fourth-order valence-corrected chi connectivity index (χ4v) is 3.03. The maximum absolute atomic E-state index is 12.4. The zero-order valence-corrected chi connectivity index (χ0v) is 12.7. The van der Waals surface area contributed by atoms with Gasteiger partial charge in [-0.2, -0.15) is 0 Å². The summed E-state index contributed by atoms with van der Waals surface area (Å²) in [5.41, 5.74) is 3.33. The zero-order valence-electron chi connectivity index (χ0n) is 12.7. The molecule has 1 amide bonds. The molecule has 1 aliphatic heterocycles. The number of amides is 1. The molecule has 1 atom stereocenters. The number of anilines is 3. The molecule has 0 aromatic heterocycles. The highest BCUT2D eigenvalue weighted by Gasteiger charge is 2.41. The summed E-state index contributed by atoms with van der Waals surface area (Å²) in [5.74, 6) is 0.189. The number of hydrogen-bond donors (Lipinski definition) is 1. The summed E-state index contributed by atoms with van der Waals surface area (Å²) < 4.78 is 0. The number of fused-ring (bicyclic) bond motifs is 1. The van der Waals surface area contributed by atoms with Crippen LogP contribution in [0, 0.1) is 0 Å². The normalized spacial score (nSPS) is 22.2. The molecule has 0 spiro atoms. The monoisotopic (exact) mass is 273 g/mol. The molecule has 1 aromatic rings. The summed E-state index contributed by atoms with van der Waals surface area (Å²) in [6.07, 6.45) is 2.39. The predicted octanol–water partition coefficient (Wildman–Crippen LogP) is 2.84. The first-order valence-corrected chi connectivity index (χ1v) is 7.45. The van der Waals surface area contributed by atoms with E-state index in [1.165, 1.54) is 18.5 Å². The van der Waals surface area contributed by atoms with Crippen molar-refractivity contribution in [3.05, 3.63) is 18.2 Å². The average Bonchev–Trinajstić information content (AvgIpc) is 3.20. The van der Waals surface area contributed by atoms with Gasteiger partial charge in [-0.3, -0.25) is 4.79 Å². The number of carbonyl (C=O) groups excluding carboxylic acids is 1. The van der Waals surface area contributed by atoms with Gasteiger partial charge in [0.2, 0.25) is 5.91 Å². The number of hydrogen-bond acceptors (Lipinski definition) is 3. The molecule has 20 heavy (non-hydrogen) atoms. The number of carbonyl (C=O) groups is 1. The van der Waals surface area contributed by atoms with Gasteiger partial charge in [0.1, 0.15) is 6.04 Å². The van der Waals surface area contributed by atoms with E-state index in [-0.39, 0.29) is 11.9 Å². The second-order valence-electron chi connectivity index (χ2n) is 6.21. The van der Waals surface area contributed by atoms with E-state index in [0.29, 0.717) is 12.1 Å². The Hall–Kier alpha value is -1.71. The lowest BCUT2D eigenvalue weighted by Crippen LogP contribution is -2.51. The van der Waals surface area contributed by atoms with Crippen molar-refractivity contribution in [2.75, 3.05) is 22.2 Å². The molecular weight excluding hydrogens is 250 g/mol. The molecule has 1 heterocycles. The highest BCUT2D eigenvalue weighted by atomic mass is 16.2. The molecule has 1 fully saturated rings. The van der Waals surface area contributed by atoms with Crippen LogP contribution in [0.25, 0.3) is 0 Å². The number of likely N-dealkylation sites (N-methyl/N-ethyl adjacent to an activating group) is 1. The van der Waals surface area contributed by atoms with Crippen molar-refractivity contribution in [1.29, 1.82) is 0 Å². The van der Waals surface area contributed by atoms with Crippen LogP contribution in [0.5, 0.6) is 0 Å². The third kappa shape index (κ3) is 2.13. The number of nitrogens with zero attached hydrogens (tertiary/aromatic N) is 2. The summed E-state index contributed by atoms with van der Waals surface area (Å²) in [5, 5.41) is 3.45. The lowest BCUT2D eigenvalue weighted by molar-refractivity contribution is -0.119. The van der Waals surface area contributed by atoms with Crippen LogP contribution in [-0.4, -0.2) is 31.1 Å². The average molecular weight is 273 g/mol. The minimum atomic E-state index is -0.0608. The first-order chi connectivity index (χ1) is 9.49. The Morgan fingerprint density at radius 3 is 2.55 bits per heavy atom. The maximum atomic E-state index is 12.4. The Morgan fingerprint density at radius 1 is 1.25 bits per heavy atom. The second kappa shape index (κ2) is 4.69. The molecule has 2 aliphatic rings. The van der Waals surface area contributed by atoms with Gasteiger partial charge in [0, 0.05) is 24.8 Å². The molecule has 4 heteroatoms. The summed E-state index contributed by atoms with van der Waals surface area (Å²) in [4.78, 5) is 16.5. The Bertz CT molecular complexity index is 537. The van der Waals surface area contributed by atoms with E-state index in [9.17, 15) is 4.79 Å². The molecule has 3 rings (SSSR count). The number of nitrogens with one attached hydrogen (secondary N) is 1. The highest BCUT2D eigenvalue weighted by molar-refractivity contribution is 6.05. The lowest BCUT2D eigenvalue weighted by atomic mass is 10.1. The quantitative estimate of drug-likeness (QED) is 0.920. The van der Waals surface area contributed by atoms with Gasteiger partial charge in [-0.15, -0.1) is 0 Å². The maximum Gasteiger partial charge on any atom is 0.249 e. The Morgan fingerprint density at radius 2 is 1.95 bits per heavy atom. The highest BCUT2D eigenvalue weighted by Crippen LogP contribution is 2.43. The van der Waals surface area contributed by atoms with E-state index >= 15 is 0 Å². The Kier molecular flexibility index (Phi) is 3.11. The smallest absolute Gasteiger partial charge is 0.249 e. The van der Waals surface area contributed by atoms with Gasteiger partial charge in [0.15, 0.2) is 0 Å². The largest absolute Gasteiger partial charge is 0.383 e. The van der Waals surface area contributed by atoms with E-state index in [4.69, 9.17) is 0 Å². The van der Waals surface area contributed by atoms with Crippen molar-refractivity contribution in [1.82, 2.24) is 0 Å². The van der Waals surface area contributed by atoms with Gasteiger partial charge < -0.3 is 15.1 Å². The standard InChI is InChI=1S/C16H23N3O/c1-10(2)17-12-5-8-14-15(9-12)19(13-6-7-13)11(3)16(20)18(14)4/h5,8-11,13,17H,6-7H2,1-4H3. The molecule has 4 nitrogen and oxygen atoms in total. The molecule has 0 saturated heterocycles. The molecule has 0 bridgehead atoms. The summed E-state index contributed by atoms with van der Waals surface area (Å²) >= 11 is 0. The van der Waals surface area contributed by atoms with Crippen LogP contribution in [0.1, 0.15) is 33.6 Å². The molecule has 1 unspecified atom stereocenters. The van der Waals surface area contributed by atoms with Crippen LogP contribution >= 0.6 is 0 Å². The van der Waals surface area contributed by atoms with Crippen molar-refractivity contribution in [2.24, 2.45) is 0 Å². The van der Waals surface area contributed by atoms with E-state index < -0.39 is 0 Å². The zero-order chi connectivity index (χ0) is 14.4. The van der Waals surface area contributed by atoms with Crippen molar-refractivity contribution in [3.8, 4) is 0 Å². The second-order valence-corrected chi connectivity index (χ2v) is 6.21. The predicted molar refractivity (Wildman–Crippen MR) is 83.6 cm³/mol. The van der Waals surface area contributed by atoms with Gasteiger partial charge in [-0.1, -0.05) is 0 Å². The van der Waals surface area contributed by atoms with Crippen LogP contribution in [-0.2, 0) is 4.79 Å². The van der Waals surface area contributed by atoms with E-state index in [1.54, 1.807) is 4.90 Å². The van der Waals surface area contributed by atoms with E-state index in [1.807, 2.05) is 14.0 Å². The Labute approximate surface area is 120 Å². The molecule has 1 aliphatic carbocycles. The molecule has 1 aromatic carbocycles. The first kappa shape index (κ1) is 13.3. The van der Waals surface area contributed by atoms with Crippen LogP contribution < -0.4 is 15.1 Å². The van der Waals surface area contributed by atoms with E-state index in [2.05, 4.69) is 42.3 Å². The van der Waals surface area contributed by atoms with Crippen molar-refractivity contribution < 1.29 is 4.79 Å². The van der Waals surface area contributed by atoms with Crippen molar-refractivity contribution in [3.63, 3.8) is 0 Å². The third-order valence-electron chi connectivity index (χ3n) is 4.12. The first-order valence-electron chi connectivity index (χ1n) is 7.45. The molecule has 0 radical (unpaired) electrons. The van der Waals surface area contributed by atoms with Crippen LogP contribution in [0.2, 0.25) is 0 Å². The molecule has 108 valence electrons. The van der Waals surface area contributed by atoms with Gasteiger partial charge in [-0.05, 0) is 51.8 Å². The SMILES string of the molecule is CC(C)Nc1ccc2c(c1)N(C1CC1)C(C)C(=O)N2C. The topological polar surface area (TPSA) is 35.6 Å². The van der Waals surface area contributed by atoms with Crippen molar-refractivity contribution >= 4 is 23.0 Å². The van der Waals surface area contributed by atoms with Gasteiger partial charge in [-0.25, -0.2) is 0 Å². The Balaban J connectivity index is 2.03. The van der Waals surface area contributed by atoms with Crippen LogP contribution in [0.3, 0.4) is 0 Å². The van der Waals surface area contributed by atoms with Crippen molar-refractivity contribution in [2.45, 2.75) is 51.7 Å². The summed E-state index contributed by atoms with van der Waals surface area (Å²) in [6, 6.07) is 7.18. The summed E-state index contributed by atoms with van der Waals surface area (Å²) in [6.45, 7) is 6.29. The lowest BCUT2D eigenvalue weighted by Gasteiger charge is -2.40. The minimum absolute atomic E-state index is 0.0608. The third-order valence-corrected chi connectivity index (χ3v) is 4.12. The van der Waals surface area contributed by atoms with Crippen LogP contribution in [0.4, 0.5) is 17.1 Å². The fraction of sp³-hybridized carbons (Fsp3) is 0.562. The van der Waals surface area contributed by atoms with Crippen LogP contribution in [0.15, 0.2) is 18.2 Å². The number of benzene rings is 1.